The van der Waals surface area contributed by atoms with Crippen molar-refractivity contribution in [3.05, 3.63) is 28.2 Å². The molecular weight excluding hydrogens is 312 g/mol. The quantitative estimate of drug-likeness (QED) is 0.862. The van der Waals surface area contributed by atoms with Crippen LogP contribution in [-0.2, 0) is 0 Å². The molecule has 2 N–H and O–H groups in total. The third-order valence-corrected chi connectivity index (χ3v) is 5.76. The number of hydrogen-bond donors (Lipinski definition) is 1. The summed E-state index contributed by atoms with van der Waals surface area (Å²) in [6, 6.07) is 6.71. The molecule has 0 bridgehead atoms. The first-order valence-corrected chi connectivity index (χ1v) is 8.74. The summed E-state index contributed by atoms with van der Waals surface area (Å²) in [6.45, 7) is 4.48. The lowest BCUT2D eigenvalue weighted by molar-refractivity contribution is 0.202. The fourth-order valence-corrected chi connectivity index (χ4v) is 4.53. The summed E-state index contributed by atoms with van der Waals surface area (Å²) in [5.74, 6) is 1.90. The second-order valence-corrected chi connectivity index (χ2v) is 7.39. The molecule has 2 fully saturated rings. The number of anilines is 1. The Morgan fingerprint density at radius 1 is 1.20 bits per heavy atom. The van der Waals surface area contributed by atoms with E-state index in [2.05, 4.69) is 39.0 Å². The van der Waals surface area contributed by atoms with E-state index in [4.69, 9.17) is 5.73 Å². The van der Waals surface area contributed by atoms with Crippen LogP contribution in [0.2, 0.25) is 0 Å². The third kappa shape index (κ3) is 2.89. The average molecular weight is 337 g/mol. The van der Waals surface area contributed by atoms with Crippen LogP contribution in [0.5, 0.6) is 0 Å². The topological polar surface area (TPSA) is 29.3 Å². The minimum atomic E-state index is 0.101. The van der Waals surface area contributed by atoms with Crippen LogP contribution < -0.4 is 10.6 Å². The average Bonchev–Trinajstić information content (AvgIpc) is 2.46. The second-order valence-electron chi connectivity index (χ2n) is 6.54. The van der Waals surface area contributed by atoms with Crippen molar-refractivity contribution in [2.45, 2.75) is 45.1 Å². The fourth-order valence-electron chi connectivity index (χ4n) is 3.88. The van der Waals surface area contributed by atoms with E-state index in [1.807, 2.05) is 6.92 Å². The van der Waals surface area contributed by atoms with Gasteiger partial charge >= 0.3 is 0 Å². The number of benzene rings is 1. The van der Waals surface area contributed by atoms with Gasteiger partial charge in [0.1, 0.15) is 0 Å². The summed E-state index contributed by atoms with van der Waals surface area (Å²) in [5, 5.41) is 0. The number of fused-ring (bicyclic) bond motifs is 1. The van der Waals surface area contributed by atoms with Crippen molar-refractivity contribution in [2.24, 2.45) is 17.6 Å². The summed E-state index contributed by atoms with van der Waals surface area (Å²) in [5.41, 5.74) is 8.51. The highest BCUT2D eigenvalue weighted by atomic mass is 79.9. The van der Waals surface area contributed by atoms with Crippen molar-refractivity contribution in [3.8, 4) is 0 Å². The maximum absolute atomic E-state index is 5.96. The van der Waals surface area contributed by atoms with E-state index in [9.17, 15) is 0 Å². The minimum absolute atomic E-state index is 0.101. The number of hydrogen-bond acceptors (Lipinski definition) is 2. The van der Waals surface area contributed by atoms with Gasteiger partial charge in [-0.3, -0.25) is 0 Å². The maximum atomic E-state index is 5.96. The zero-order chi connectivity index (χ0) is 14.1. The largest absolute Gasteiger partial charge is 0.370 e. The van der Waals surface area contributed by atoms with Gasteiger partial charge in [-0.15, -0.1) is 0 Å². The van der Waals surface area contributed by atoms with E-state index in [0.717, 1.165) is 11.8 Å². The second kappa shape index (κ2) is 6.07. The predicted molar refractivity (Wildman–Crippen MR) is 89.0 cm³/mol. The van der Waals surface area contributed by atoms with E-state index in [0.29, 0.717) is 0 Å². The van der Waals surface area contributed by atoms with Gasteiger partial charge in [0, 0.05) is 23.6 Å². The predicted octanol–water partition coefficient (Wildman–Crippen LogP) is 4.49. The van der Waals surface area contributed by atoms with Crippen LogP contribution in [0.25, 0.3) is 0 Å². The Bertz CT molecular complexity index is 472. The van der Waals surface area contributed by atoms with Gasteiger partial charge in [0.05, 0.1) is 5.69 Å². The molecule has 1 aromatic carbocycles. The molecule has 1 heterocycles. The molecule has 0 radical (unpaired) electrons. The molecular formula is C17H25BrN2. The fraction of sp³-hybridized carbons (Fsp3) is 0.647. The van der Waals surface area contributed by atoms with Crippen molar-refractivity contribution >= 4 is 21.6 Å². The van der Waals surface area contributed by atoms with Crippen molar-refractivity contribution in [2.75, 3.05) is 18.0 Å². The van der Waals surface area contributed by atoms with Crippen molar-refractivity contribution in [1.29, 1.82) is 0 Å². The summed E-state index contributed by atoms with van der Waals surface area (Å²) in [7, 11) is 0. The molecule has 2 aliphatic rings. The molecule has 2 nitrogen and oxygen atoms in total. The highest BCUT2D eigenvalue weighted by molar-refractivity contribution is 9.10. The van der Waals surface area contributed by atoms with Gasteiger partial charge in [-0.2, -0.15) is 0 Å². The van der Waals surface area contributed by atoms with Gasteiger partial charge in [0.15, 0.2) is 0 Å². The lowest BCUT2D eigenvalue weighted by atomic mass is 9.75. The molecule has 1 aliphatic heterocycles. The Hall–Kier alpha value is -0.540. The van der Waals surface area contributed by atoms with E-state index in [1.54, 1.807) is 0 Å². The lowest BCUT2D eigenvalue weighted by Gasteiger charge is -2.42. The maximum Gasteiger partial charge on any atom is 0.0510 e. The zero-order valence-corrected chi connectivity index (χ0v) is 13.9. The van der Waals surface area contributed by atoms with E-state index in [1.165, 1.54) is 60.9 Å². The summed E-state index contributed by atoms with van der Waals surface area (Å²) < 4.78 is 1.20. The number of nitrogens with zero attached hydrogens (tertiary/aromatic N) is 1. The van der Waals surface area contributed by atoms with E-state index < -0.39 is 0 Å². The first-order valence-electron chi connectivity index (χ1n) is 7.95. The van der Waals surface area contributed by atoms with Crippen molar-refractivity contribution < 1.29 is 0 Å². The number of halogens is 1. The standard InChI is InChI=1S/C17H25BrN2/c1-12(19)14-6-7-17(16(18)10-14)20-9-8-13-4-2-3-5-15(13)11-20/h6-7,10,12-13,15H,2-5,8-9,11,19H2,1H3. The first kappa shape index (κ1) is 14.4. The van der Waals surface area contributed by atoms with Crippen LogP contribution in [0.15, 0.2) is 22.7 Å². The van der Waals surface area contributed by atoms with Crippen LogP contribution >= 0.6 is 15.9 Å². The minimum Gasteiger partial charge on any atom is -0.370 e. The molecule has 3 rings (SSSR count). The van der Waals surface area contributed by atoms with Crippen molar-refractivity contribution in [1.82, 2.24) is 0 Å². The van der Waals surface area contributed by atoms with Gasteiger partial charge in [0.2, 0.25) is 0 Å². The normalized spacial score (nSPS) is 28.1. The van der Waals surface area contributed by atoms with Gasteiger partial charge in [-0.25, -0.2) is 0 Å². The van der Waals surface area contributed by atoms with Gasteiger partial charge in [0.25, 0.3) is 0 Å². The molecule has 110 valence electrons. The summed E-state index contributed by atoms with van der Waals surface area (Å²) in [6.07, 6.45) is 7.14. The Morgan fingerprint density at radius 3 is 2.65 bits per heavy atom. The van der Waals surface area contributed by atoms with Gasteiger partial charge in [-0.05, 0) is 65.2 Å². The molecule has 1 aromatic rings. The molecule has 0 amide bonds. The molecule has 20 heavy (non-hydrogen) atoms. The molecule has 1 aliphatic carbocycles. The molecule has 0 spiro atoms. The van der Waals surface area contributed by atoms with Gasteiger partial charge < -0.3 is 10.6 Å². The van der Waals surface area contributed by atoms with Crippen LogP contribution in [0.4, 0.5) is 5.69 Å². The third-order valence-electron chi connectivity index (χ3n) is 5.13. The Balaban J connectivity index is 1.76. The lowest BCUT2D eigenvalue weighted by Crippen LogP contribution is -2.42. The van der Waals surface area contributed by atoms with Crippen LogP contribution in [0.1, 0.15) is 50.6 Å². The van der Waals surface area contributed by atoms with Crippen LogP contribution in [0.3, 0.4) is 0 Å². The van der Waals surface area contributed by atoms with E-state index >= 15 is 0 Å². The molecule has 3 heteroatoms. The summed E-state index contributed by atoms with van der Waals surface area (Å²) in [4.78, 5) is 2.57. The smallest absolute Gasteiger partial charge is 0.0510 e. The highest BCUT2D eigenvalue weighted by Gasteiger charge is 2.31. The van der Waals surface area contributed by atoms with Crippen molar-refractivity contribution in [3.63, 3.8) is 0 Å². The number of rotatable bonds is 2. The molecule has 0 aromatic heterocycles. The Morgan fingerprint density at radius 2 is 1.95 bits per heavy atom. The Labute approximate surface area is 130 Å². The molecule has 1 saturated heterocycles. The number of nitrogens with two attached hydrogens (primary N) is 1. The highest BCUT2D eigenvalue weighted by Crippen LogP contribution is 2.39. The van der Waals surface area contributed by atoms with E-state index in [-0.39, 0.29) is 6.04 Å². The summed E-state index contributed by atoms with van der Waals surface area (Å²) >= 11 is 3.74. The SMILES string of the molecule is CC(N)c1ccc(N2CCC3CCCCC3C2)c(Br)c1. The first-order chi connectivity index (χ1) is 9.65. The van der Waals surface area contributed by atoms with Crippen LogP contribution in [-0.4, -0.2) is 13.1 Å². The monoisotopic (exact) mass is 336 g/mol. The number of piperidine rings is 1. The molecule has 3 unspecified atom stereocenters. The molecule has 1 saturated carbocycles. The molecule has 3 atom stereocenters. The zero-order valence-electron chi connectivity index (χ0n) is 12.3. The van der Waals surface area contributed by atoms with Crippen LogP contribution in [0, 0.1) is 11.8 Å². The Kier molecular flexibility index (Phi) is 4.37. The van der Waals surface area contributed by atoms with Gasteiger partial charge in [-0.1, -0.05) is 25.3 Å².